The number of hydrogen-bond acceptors (Lipinski definition) is 6. The number of ether oxygens (including phenoxy) is 1. The molecule has 7 heteroatoms. The molecule has 1 aliphatic carbocycles. The summed E-state index contributed by atoms with van der Waals surface area (Å²) in [5, 5.41) is 5.26. The van der Waals surface area contributed by atoms with E-state index in [0.29, 0.717) is 11.7 Å². The number of aromatic nitrogens is 2. The zero-order chi connectivity index (χ0) is 15.3. The number of methoxy groups -OCH3 is 1. The maximum atomic E-state index is 6.27. The van der Waals surface area contributed by atoms with Crippen LogP contribution >= 0.6 is 23.7 Å². The molecule has 1 fully saturated rings. The number of aryl methyl sites for hydroxylation is 1. The highest BCUT2D eigenvalue weighted by Crippen LogP contribution is 2.41. The molecule has 4 rings (SSSR count). The topological polar surface area (TPSA) is 74.2 Å². The Kier molecular flexibility index (Phi) is 4.08. The molecule has 2 aromatic heterocycles. The van der Waals surface area contributed by atoms with Gasteiger partial charge in [0.05, 0.1) is 17.5 Å². The molecule has 23 heavy (non-hydrogen) atoms. The van der Waals surface area contributed by atoms with Crippen LogP contribution in [0, 0.1) is 6.92 Å². The molecule has 2 N–H and O–H groups in total. The molecule has 0 unspecified atom stereocenters. The molecule has 1 aromatic carbocycles. The molecule has 5 nitrogen and oxygen atoms in total. The summed E-state index contributed by atoms with van der Waals surface area (Å²) in [7, 11) is 1.67. The normalized spacial score (nSPS) is 16.0. The maximum absolute atomic E-state index is 6.27. The van der Waals surface area contributed by atoms with E-state index < -0.39 is 5.54 Å². The van der Waals surface area contributed by atoms with Crippen molar-refractivity contribution in [3.63, 3.8) is 0 Å². The van der Waals surface area contributed by atoms with E-state index in [1.54, 1.807) is 18.4 Å². The summed E-state index contributed by atoms with van der Waals surface area (Å²) < 4.78 is 12.0. The monoisotopic (exact) mass is 351 g/mol. The van der Waals surface area contributed by atoms with Crippen LogP contribution in [0.5, 0.6) is 5.75 Å². The molecule has 1 saturated carbocycles. The lowest BCUT2D eigenvalue weighted by Gasteiger charge is -2.34. The summed E-state index contributed by atoms with van der Waals surface area (Å²) in [6, 6.07) is 6.06. The SMILES string of the molecule is COc1ccc2sc(-c3nc(C4(N)CCC4)no3)c(C)c2c1.Cl. The molecule has 0 atom stereocenters. The number of fused-ring (bicyclic) bond motifs is 1. The molecule has 3 aromatic rings. The second-order valence-electron chi connectivity index (χ2n) is 5.85. The second kappa shape index (κ2) is 5.78. The van der Waals surface area contributed by atoms with Gasteiger partial charge in [0.15, 0.2) is 5.82 Å². The molecule has 1 aliphatic rings. The minimum atomic E-state index is -0.393. The van der Waals surface area contributed by atoms with Gasteiger partial charge in [-0.05, 0) is 55.3 Å². The molecule has 122 valence electrons. The van der Waals surface area contributed by atoms with Crippen LogP contribution in [0.4, 0.5) is 0 Å². The Morgan fingerprint density at radius 2 is 2.13 bits per heavy atom. The standard InChI is InChI=1S/C16H17N3O2S.ClH/c1-9-11-8-10(20-2)4-5-12(11)22-13(9)14-18-15(19-21-14)16(17)6-3-7-16;/h4-5,8H,3,6-7,17H2,1-2H3;1H. The number of hydrogen-bond donors (Lipinski definition) is 1. The molecule has 0 bridgehead atoms. The van der Waals surface area contributed by atoms with Crippen molar-refractivity contribution in [1.82, 2.24) is 10.1 Å². The van der Waals surface area contributed by atoms with Crippen molar-refractivity contribution in [3.8, 4) is 16.5 Å². The van der Waals surface area contributed by atoms with Crippen LogP contribution in [0.15, 0.2) is 22.7 Å². The summed E-state index contributed by atoms with van der Waals surface area (Å²) >= 11 is 1.65. The molecule has 0 aliphatic heterocycles. The van der Waals surface area contributed by atoms with E-state index in [9.17, 15) is 0 Å². The third-order valence-corrected chi connectivity index (χ3v) is 5.72. The summed E-state index contributed by atoms with van der Waals surface area (Å²) in [6.45, 7) is 2.07. The van der Waals surface area contributed by atoms with Gasteiger partial charge in [-0.15, -0.1) is 23.7 Å². The van der Waals surface area contributed by atoms with Gasteiger partial charge in [0, 0.05) is 4.70 Å². The smallest absolute Gasteiger partial charge is 0.268 e. The van der Waals surface area contributed by atoms with Crippen LogP contribution in [0.1, 0.15) is 30.7 Å². The number of benzene rings is 1. The lowest BCUT2D eigenvalue weighted by molar-refractivity contribution is 0.229. The van der Waals surface area contributed by atoms with Gasteiger partial charge >= 0.3 is 0 Å². The van der Waals surface area contributed by atoms with E-state index in [1.165, 1.54) is 4.70 Å². The number of nitrogens with zero attached hydrogens (tertiary/aromatic N) is 2. The Balaban J connectivity index is 0.00000156. The summed E-state index contributed by atoms with van der Waals surface area (Å²) in [5.41, 5.74) is 7.01. The van der Waals surface area contributed by atoms with Gasteiger partial charge in [-0.2, -0.15) is 4.98 Å². The Bertz CT molecular complexity index is 854. The van der Waals surface area contributed by atoms with Crippen LogP contribution in [-0.2, 0) is 5.54 Å². The summed E-state index contributed by atoms with van der Waals surface area (Å²) in [6.07, 6.45) is 2.98. The van der Waals surface area contributed by atoms with E-state index in [1.807, 2.05) is 12.1 Å². The van der Waals surface area contributed by atoms with Crippen molar-refractivity contribution >= 4 is 33.8 Å². The van der Waals surface area contributed by atoms with Crippen molar-refractivity contribution < 1.29 is 9.26 Å². The van der Waals surface area contributed by atoms with E-state index in [-0.39, 0.29) is 12.4 Å². The first-order valence-corrected chi connectivity index (χ1v) is 8.13. The first-order chi connectivity index (χ1) is 10.6. The lowest BCUT2D eigenvalue weighted by atomic mass is 9.77. The quantitative estimate of drug-likeness (QED) is 0.771. The first-order valence-electron chi connectivity index (χ1n) is 7.31. The van der Waals surface area contributed by atoms with Gasteiger partial charge in [-0.3, -0.25) is 0 Å². The Morgan fingerprint density at radius 1 is 1.35 bits per heavy atom. The minimum Gasteiger partial charge on any atom is -0.497 e. The number of thiophene rings is 1. The fraction of sp³-hybridized carbons (Fsp3) is 0.375. The molecule has 0 spiro atoms. The van der Waals surface area contributed by atoms with Crippen molar-refractivity contribution in [1.29, 1.82) is 0 Å². The maximum Gasteiger partial charge on any atom is 0.268 e. The predicted molar refractivity (Wildman–Crippen MR) is 93.4 cm³/mol. The number of halogens is 1. The highest BCUT2D eigenvalue weighted by molar-refractivity contribution is 7.22. The van der Waals surface area contributed by atoms with E-state index in [0.717, 1.165) is 40.8 Å². The van der Waals surface area contributed by atoms with Crippen LogP contribution in [0.2, 0.25) is 0 Å². The highest BCUT2D eigenvalue weighted by atomic mass is 35.5. The average molecular weight is 352 g/mol. The second-order valence-corrected chi connectivity index (χ2v) is 6.90. The number of nitrogens with two attached hydrogens (primary N) is 1. The number of rotatable bonds is 3. The zero-order valence-corrected chi connectivity index (χ0v) is 14.6. The molecule has 0 amide bonds. The van der Waals surface area contributed by atoms with Crippen molar-refractivity contribution in [2.24, 2.45) is 5.73 Å². The van der Waals surface area contributed by atoms with Gasteiger partial charge in [0.1, 0.15) is 5.75 Å². The largest absolute Gasteiger partial charge is 0.497 e. The minimum absolute atomic E-state index is 0. The highest BCUT2D eigenvalue weighted by Gasteiger charge is 2.39. The zero-order valence-electron chi connectivity index (χ0n) is 13.0. The fourth-order valence-electron chi connectivity index (χ4n) is 2.83. The third kappa shape index (κ3) is 2.51. The van der Waals surface area contributed by atoms with E-state index in [4.69, 9.17) is 15.0 Å². The van der Waals surface area contributed by atoms with E-state index >= 15 is 0 Å². The molecule has 2 heterocycles. The van der Waals surface area contributed by atoms with Crippen LogP contribution in [0.3, 0.4) is 0 Å². The van der Waals surface area contributed by atoms with Crippen molar-refractivity contribution in [3.05, 3.63) is 29.6 Å². The van der Waals surface area contributed by atoms with Crippen LogP contribution < -0.4 is 10.5 Å². The third-order valence-electron chi connectivity index (χ3n) is 4.45. The van der Waals surface area contributed by atoms with E-state index in [2.05, 4.69) is 23.1 Å². The van der Waals surface area contributed by atoms with Gasteiger partial charge in [-0.1, -0.05) is 5.16 Å². The van der Waals surface area contributed by atoms with Gasteiger partial charge in [0.2, 0.25) is 0 Å². The summed E-state index contributed by atoms with van der Waals surface area (Å²) in [4.78, 5) is 5.55. The van der Waals surface area contributed by atoms with Crippen molar-refractivity contribution in [2.75, 3.05) is 7.11 Å². The van der Waals surface area contributed by atoms with Gasteiger partial charge in [0.25, 0.3) is 5.89 Å². The fourth-order valence-corrected chi connectivity index (χ4v) is 3.94. The lowest BCUT2D eigenvalue weighted by Crippen LogP contribution is -2.44. The Labute approximate surface area is 144 Å². The van der Waals surface area contributed by atoms with Crippen LogP contribution in [0.25, 0.3) is 20.9 Å². The molecule has 0 radical (unpaired) electrons. The molecular weight excluding hydrogens is 334 g/mol. The average Bonchev–Trinajstić information content (AvgIpc) is 3.10. The Morgan fingerprint density at radius 3 is 2.78 bits per heavy atom. The Hall–Kier alpha value is -1.63. The van der Waals surface area contributed by atoms with Crippen LogP contribution in [-0.4, -0.2) is 17.3 Å². The van der Waals surface area contributed by atoms with Crippen molar-refractivity contribution in [2.45, 2.75) is 31.7 Å². The first kappa shape index (κ1) is 16.2. The molecule has 0 saturated heterocycles. The van der Waals surface area contributed by atoms with Gasteiger partial charge < -0.3 is 15.0 Å². The summed E-state index contributed by atoms with van der Waals surface area (Å²) in [5.74, 6) is 2.04. The van der Waals surface area contributed by atoms with Gasteiger partial charge in [-0.25, -0.2) is 0 Å². The predicted octanol–water partition coefficient (Wildman–Crippen LogP) is 4.03. The molecular formula is C16H18ClN3O2S.